The van der Waals surface area contributed by atoms with Gasteiger partial charge in [-0.3, -0.25) is 9.36 Å². The molecule has 170 valence electrons. The molecule has 3 aromatic rings. The molecule has 1 aliphatic carbocycles. The van der Waals surface area contributed by atoms with E-state index in [2.05, 4.69) is 5.18 Å². The maximum absolute atomic E-state index is 13.4. The molecule has 1 amide bonds. The van der Waals surface area contributed by atoms with E-state index >= 15 is 0 Å². The molecular weight excluding hydrogens is 445 g/mol. The maximum atomic E-state index is 13.4. The van der Waals surface area contributed by atoms with Gasteiger partial charge in [0.15, 0.2) is 5.76 Å². The zero-order chi connectivity index (χ0) is 23.6. The highest BCUT2D eigenvalue weighted by atomic mass is 35.5. The Morgan fingerprint density at radius 1 is 1.19 bits per heavy atom. The summed E-state index contributed by atoms with van der Waals surface area (Å²) in [7, 11) is 0. The number of hydrogen-bond donors (Lipinski definition) is 0. The van der Waals surface area contributed by atoms with Crippen LogP contribution >= 0.6 is 11.6 Å². The van der Waals surface area contributed by atoms with E-state index in [4.69, 9.17) is 16.0 Å². The lowest BCUT2D eigenvalue weighted by atomic mass is 9.87. The smallest absolute Gasteiger partial charge is 0.392 e. The summed E-state index contributed by atoms with van der Waals surface area (Å²) in [5.74, 6) is -2.68. The molecule has 1 aromatic carbocycles. The third-order valence-electron chi connectivity index (χ3n) is 5.42. The van der Waals surface area contributed by atoms with Crippen molar-refractivity contribution in [3.05, 3.63) is 68.9 Å². The molecule has 4 rings (SSSR count). The fourth-order valence-electron chi connectivity index (χ4n) is 3.86. The average Bonchev–Trinajstić information content (AvgIpc) is 3.40. The lowest BCUT2D eigenvalue weighted by molar-refractivity contribution is -0.177. The van der Waals surface area contributed by atoms with Crippen LogP contribution in [0.4, 0.5) is 13.2 Å². The van der Waals surface area contributed by atoms with Crippen molar-refractivity contribution in [2.45, 2.75) is 46.2 Å². The Morgan fingerprint density at radius 3 is 2.53 bits per heavy atom. The van der Waals surface area contributed by atoms with Crippen LogP contribution in [0, 0.1) is 17.7 Å². The van der Waals surface area contributed by atoms with Gasteiger partial charge in [-0.2, -0.15) is 13.2 Å². The maximum Gasteiger partial charge on any atom is 0.392 e. The Kier molecular flexibility index (Phi) is 6.93. The van der Waals surface area contributed by atoms with Crippen LogP contribution in [-0.4, -0.2) is 16.7 Å². The predicted octanol–water partition coefficient (Wildman–Crippen LogP) is 7.30. The van der Waals surface area contributed by atoms with Gasteiger partial charge >= 0.3 is 12.1 Å². The van der Waals surface area contributed by atoms with Crippen LogP contribution in [0.25, 0.3) is 17.1 Å². The number of benzene rings is 1. The van der Waals surface area contributed by atoms with Gasteiger partial charge in [-0.15, -0.1) is 4.91 Å². The van der Waals surface area contributed by atoms with E-state index in [9.17, 15) is 22.9 Å². The monoisotopic (exact) mass is 466 g/mol. The predicted molar refractivity (Wildman–Crippen MR) is 116 cm³/mol. The number of aryl methyl sites for hydroxylation is 2. The highest BCUT2D eigenvalue weighted by Crippen LogP contribution is 2.41. The van der Waals surface area contributed by atoms with Crippen molar-refractivity contribution >= 4 is 17.5 Å². The van der Waals surface area contributed by atoms with E-state index in [-0.39, 0.29) is 30.9 Å². The van der Waals surface area contributed by atoms with Crippen LogP contribution in [0.15, 0.2) is 46.0 Å². The van der Waals surface area contributed by atoms with Gasteiger partial charge in [0.1, 0.15) is 0 Å². The lowest BCUT2D eigenvalue weighted by Gasteiger charge is -2.26. The number of halogens is 4. The van der Waals surface area contributed by atoms with E-state index < -0.39 is 18.0 Å². The molecule has 2 heterocycles. The van der Waals surface area contributed by atoms with Gasteiger partial charge in [0.25, 0.3) is 0 Å². The summed E-state index contributed by atoms with van der Waals surface area (Å²) in [5.41, 5.74) is 3.44. The lowest BCUT2D eigenvalue weighted by Crippen LogP contribution is -2.29. The Labute approximate surface area is 188 Å². The normalized spacial score (nSPS) is 15.5. The molecule has 1 unspecified atom stereocenters. The first-order valence-electron chi connectivity index (χ1n) is 10.2. The summed E-state index contributed by atoms with van der Waals surface area (Å²) in [4.78, 5) is 22.1. The van der Waals surface area contributed by atoms with E-state index in [1.807, 2.05) is 32.9 Å². The molecule has 0 aliphatic heterocycles. The number of alkyl halides is 3. The number of fused-ring (bicyclic) bond motifs is 1. The molecule has 0 fully saturated rings. The summed E-state index contributed by atoms with van der Waals surface area (Å²) in [6.45, 7) is 5.83. The second-order valence-electron chi connectivity index (χ2n) is 7.32. The molecule has 0 saturated heterocycles. The van der Waals surface area contributed by atoms with Crippen molar-refractivity contribution in [3.8, 4) is 17.1 Å². The molecule has 0 radical (unpaired) electrons. The van der Waals surface area contributed by atoms with E-state index in [1.165, 1.54) is 12.1 Å². The number of carbonyl (C=O) groups is 1. The second kappa shape index (κ2) is 9.32. The van der Waals surface area contributed by atoms with Crippen LogP contribution in [0.2, 0.25) is 5.02 Å². The SMILES string of the molecule is CC.Cc1cc(-c2cc3c(n2-c2ccc(C(=O)N=O)o2)CC(C(F)(F)F)CC3)ccc1Cl. The number of amides is 1. The third kappa shape index (κ3) is 4.50. The number of nitroso groups, excluding NO2 is 1. The Hall–Kier alpha value is -2.87. The van der Waals surface area contributed by atoms with Crippen molar-refractivity contribution in [1.82, 2.24) is 4.57 Å². The van der Waals surface area contributed by atoms with Crippen molar-refractivity contribution in [3.63, 3.8) is 0 Å². The Morgan fingerprint density at radius 2 is 1.91 bits per heavy atom. The van der Waals surface area contributed by atoms with Gasteiger partial charge in [0.2, 0.25) is 5.88 Å². The largest absolute Gasteiger partial charge is 0.434 e. The van der Waals surface area contributed by atoms with Crippen molar-refractivity contribution in [2.24, 2.45) is 11.1 Å². The molecule has 1 aliphatic rings. The van der Waals surface area contributed by atoms with Gasteiger partial charge in [-0.05, 0) is 67.1 Å². The summed E-state index contributed by atoms with van der Waals surface area (Å²) >= 11 is 6.12. The second-order valence-corrected chi connectivity index (χ2v) is 7.72. The van der Waals surface area contributed by atoms with Gasteiger partial charge in [0.05, 0.1) is 11.6 Å². The molecule has 0 N–H and O–H groups in total. The minimum absolute atomic E-state index is 0.0105. The third-order valence-corrected chi connectivity index (χ3v) is 5.84. The highest BCUT2D eigenvalue weighted by Gasteiger charge is 2.42. The van der Waals surface area contributed by atoms with Crippen LogP contribution in [0.1, 0.15) is 47.6 Å². The standard InChI is InChI=1S/C21H16ClF3N2O3.C2H6/c1-11-8-12(3-5-15(11)22)16-9-13-2-4-14(21(23,24)25)10-17(13)27(16)19-7-6-18(30-19)20(28)26-29;1-2/h3,5-9,14H,2,4,10H2,1H3;1-2H3. The van der Waals surface area contributed by atoms with E-state index in [0.717, 1.165) is 16.7 Å². The highest BCUT2D eigenvalue weighted by molar-refractivity contribution is 6.31. The summed E-state index contributed by atoms with van der Waals surface area (Å²) < 4.78 is 47.3. The molecule has 32 heavy (non-hydrogen) atoms. The molecule has 0 saturated carbocycles. The number of hydrogen-bond acceptors (Lipinski definition) is 3. The van der Waals surface area contributed by atoms with Gasteiger partial charge in [-0.25, -0.2) is 0 Å². The molecule has 0 spiro atoms. The molecule has 1 atom stereocenters. The van der Waals surface area contributed by atoms with Crippen molar-refractivity contribution < 1.29 is 22.4 Å². The van der Waals surface area contributed by atoms with Crippen LogP contribution in [0.5, 0.6) is 0 Å². The first-order chi connectivity index (χ1) is 15.2. The fraction of sp³-hybridized carbons (Fsp3) is 0.348. The number of carbonyl (C=O) groups excluding carboxylic acids is 1. The van der Waals surface area contributed by atoms with E-state index in [0.29, 0.717) is 16.4 Å². The van der Waals surface area contributed by atoms with Crippen molar-refractivity contribution in [2.75, 3.05) is 0 Å². The Bertz CT molecular complexity index is 1150. The number of furan rings is 1. The zero-order valence-electron chi connectivity index (χ0n) is 17.8. The summed E-state index contributed by atoms with van der Waals surface area (Å²) in [5, 5.41) is 2.90. The number of aromatic nitrogens is 1. The fourth-order valence-corrected chi connectivity index (χ4v) is 3.98. The molecule has 2 aromatic heterocycles. The zero-order valence-corrected chi connectivity index (χ0v) is 18.5. The first kappa shape index (κ1) is 23.8. The quantitative estimate of drug-likeness (QED) is 0.380. The Balaban J connectivity index is 0.00000141. The molecule has 5 nitrogen and oxygen atoms in total. The number of rotatable bonds is 3. The molecule has 0 bridgehead atoms. The molecule has 9 heteroatoms. The minimum atomic E-state index is -4.31. The average molecular weight is 467 g/mol. The topological polar surface area (TPSA) is 64.6 Å². The van der Waals surface area contributed by atoms with Gasteiger partial charge in [-0.1, -0.05) is 31.5 Å². The first-order valence-corrected chi connectivity index (χ1v) is 10.6. The van der Waals surface area contributed by atoms with E-state index in [1.54, 1.807) is 16.7 Å². The molecular formula is C23H22ClF3N2O3. The van der Waals surface area contributed by atoms with Gasteiger partial charge in [0, 0.05) is 22.0 Å². The van der Waals surface area contributed by atoms with Crippen LogP contribution < -0.4 is 0 Å². The summed E-state index contributed by atoms with van der Waals surface area (Å²) in [6.07, 6.45) is -4.23. The van der Waals surface area contributed by atoms with Crippen LogP contribution in [0.3, 0.4) is 0 Å². The summed E-state index contributed by atoms with van der Waals surface area (Å²) in [6, 6.07) is 9.90. The minimum Gasteiger partial charge on any atom is -0.434 e. The van der Waals surface area contributed by atoms with Gasteiger partial charge < -0.3 is 4.42 Å². The number of nitrogens with zero attached hydrogens (tertiary/aromatic N) is 2. The van der Waals surface area contributed by atoms with Crippen molar-refractivity contribution in [1.29, 1.82) is 0 Å². The van der Waals surface area contributed by atoms with Crippen LogP contribution in [-0.2, 0) is 12.8 Å².